The van der Waals surface area contributed by atoms with E-state index in [1.54, 1.807) is 19.9 Å². The number of hydrogen-bond acceptors (Lipinski definition) is 3. The van der Waals surface area contributed by atoms with Gasteiger partial charge in [-0.3, -0.25) is 4.79 Å². The fraction of sp³-hybridized carbons (Fsp3) is 0.312. The van der Waals surface area contributed by atoms with E-state index in [2.05, 4.69) is 0 Å². The minimum Gasteiger partial charge on any atom is -0.423 e. The van der Waals surface area contributed by atoms with E-state index in [0.717, 1.165) is 11.1 Å². The number of benzene rings is 1. The van der Waals surface area contributed by atoms with Crippen LogP contribution in [0.2, 0.25) is 0 Å². The van der Waals surface area contributed by atoms with Crippen molar-refractivity contribution in [2.75, 3.05) is 0 Å². The summed E-state index contributed by atoms with van der Waals surface area (Å²) in [5, 5.41) is 18.5. The zero-order valence-corrected chi connectivity index (χ0v) is 12.3. The number of ketones is 1. The summed E-state index contributed by atoms with van der Waals surface area (Å²) in [4.78, 5) is 11.7. The second kappa shape index (κ2) is 7.83. The summed E-state index contributed by atoms with van der Waals surface area (Å²) in [5.74, 6) is 0.0259. The van der Waals surface area contributed by atoms with E-state index in [1.807, 2.05) is 37.3 Å². The molecule has 106 valence electrons. The molecule has 20 heavy (non-hydrogen) atoms. The first-order valence-corrected chi connectivity index (χ1v) is 6.78. The predicted octanol–water partition coefficient (Wildman–Crippen LogP) is 2.81. The molecule has 0 heterocycles. The molecule has 0 atom stereocenters. The number of carbonyl (C=O) groups is 1. The lowest BCUT2D eigenvalue weighted by Crippen LogP contribution is -2.16. The van der Waals surface area contributed by atoms with Gasteiger partial charge in [0.15, 0.2) is 5.78 Å². The third-order valence-corrected chi connectivity index (χ3v) is 3.30. The molecule has 0 aliphatic heterocycles. The Morgan fingerprint density at radius 1 is 1.30 bits per heavy atom. The number of allylic oxidation sites excluding steroid dienone is 3. The van der Waals surface area contributed by atoms with Crippen molar-refractivity contribution >= 4 is 19.0 Å². The standard InChI is InChI=1S/C16H21BO3/c1-4-7-13-8-6-9-15(12(3)18)16(13)11-10-14(5-2)17(19)20/h4-9,19-20H,10-11H2,1-3H3. The summed E-state index contributed by atoms with van der Waals surface area (Å²) in [5.41, 5.74) is 3.22. The second-order valence-corrected chi connectivity index (χ2v) is 4.67. The monoisotopic (exact) mass is 272 g/mol. The lowest BCUT2D eigenvalue weighted by molar-refractivity contribution is 0.101. The van der Waals surface area contributed by atoms with Gasteiger partial charge in [0.25, 0.3) is 0 Å². The van der Waals surface area contributed by atoms with Crippen LogP contribution in [0.25, 0.3) is 6.08 Å². The Balaban J connectivity index is 3.11. The maximum absolute atomic E-state index is 11.7. The maximum atomic E-state index is 11.7. The van der Waals surface area contributed by atoms with Crippen LogP contribution in [0.1, 0.15) is 48.7 Å². The fourth-order valence-electron chi connectivity index (χ4n) is 2.24. The van der Waals surface area contributed by atoms with E-state index in [0.29, 0.717) is 23.9 Å². The Hall–Kier alpha value is -1.65. The van der Waals surface area contributed by atoms with Crippen LogP contribution in [-0.4, -0.2) is 22.9 Å². The minimum atomic E-state index is -1.44. The van der Waals surface area contributed by atoms with Gasteiger partial charge in [-0.05, 0) is 50.2 Å². The van der Waals surface area contributed by atoms with E-state index >= 15 is 0 Å². The summed E-state index contributed by atoms with van der Waals surface area (Å²) in [6.07, 6.45) is 6.72. The maximum Gasteiger partial charge on any atom is 0.483 e. The van der Waals surface area contributed by atoms with Crippen molar-refractivity contribution in [3.05, 3.63) is 52.5 Å². The Morgan fingerprint density at radius 2 is 2.00 bits per heavy atom. The molecule has 0 aliphatic carbocycles. The normalized spacial score (nSPS) is 11.9. The molecule has 1 aromatic rings. The quantitative estimate of drug-likeness (QED) is 0.618. The third kappa shape index (κ3) is 4.18. The molecule has 3 nitrogen and oxygen atoms in total. The number of rotatable bonds is 6. The smallest absolute Gasteiger partial charge is 0.423 e. The zero-order valence-electron chi connectivity index (χ0n) is 12.3. The Labute approximate surface area is 120 Å². The third-order valence-electron chi connectivity index (χ3n) is 3.30. The lowest BCUT2D eigenvalue weighted by Gasteiger charge is -2.12. The van der Waals surface area contributed by atoms with Crippen molar-refractivity contribution in [2.24, 2.45) is 0 Å². The molecule has 0 radical (unpaired) electrons. The number of carbonyl (C=O) groups excluding carboxylic acids is 1. The van der Waals surface area contributed by atoms with Gasteiger partial charge in [-0.15, -0.1) is 0 Å². The number of hydrogen-bond donors (Lipinski definition) is 2. The zero-order chi connectivity index (χ0) is 15.1. The van der Waals surface area contributed by atoms with Gasteiger partial charge in [0.1, 0.15) is 0 Å². The van der Waals surface area contributed by atoms with Crippen LogP contribution in [-0.2, 0) is 6.42 Å². The van der Waals surface area contributed by atoms with Crippen LogP contribution < -0.4 is 0 Å². The van der Waals surface area contributed by atoms with Gasteiger partial charge in [0.05, 0.1) is 0 Å². The van der Waals surface area contributed by atoms with E-state index in [-0.39, 0.29) is 5.78 Å². The second-order valence-electron chi connectivity index (χ2n) is 4.67. The minimum absolute atomic E-state index is 0.0259. The molecular formula is C16H21BO3. The van der Waals surface area contributed by atoms with Crippen molar-refractivity contribution in [1.29, 1.82) is 0 Å². The molecule has 0 saturated heterocycles. The molecule has 1 aromatic carbocycles. The van der Waals surface area contributed by atoms with Gasteiger partial charge >= 0.3 is 7.12 Å². The Morgan fingerprint density at radius 3 is 2.50 bits per heavy atom. The van der Waals surface area contributed by atoms with Crippen molar-refractivity contribution in [3.63, 3.8) is 0 Å². The van der Waals surface area contributed by atoms with Crippen LogP contribution in [0.15, 0.2) is 35.8 Å². The first kappa shape index (κ1) is 16.4. The van der Waals surface area contributed by atoms with Gasteiger partial charge < -0.3 is 10.0 Å². The average Bonchev–Trinajstić information content (AvgIpc) is 2.40. The predicted molar refractivity (Wildman–Crippen MR) is 83.4 cm³/mol. The van der Waals surface area contributed by atoms with Gasteiger partial charge in [-0.25, -0.2) is 0 Å². The highest BCUT2D eigenvalue weighted by molar-refractivity contribution is 6.50. The number of Topliss-reactive ketones (excluding diaryl/α,β-unsaturated/α-hetero) is 1. The van der Waals surface area contributed by atoms with Crippen molar-refractivity contribution in [2.45, 2.75) is 33.6 Å². The summed E-state index contributed by atoms with van der Waals surface area (Å²) >= 11 is 0. The SMILES string of the molecule is CC=Cc1cccc(C(C)=O)c1CCC(=CC)B(O)O. The summed E-state index contributed by atoms with van der Waals surface area (Å²) in [7, 11) is -1.44. The first-order chi connectivity index (χ1) is 9.51. The van der Waals surface area contributed by atoms with Crippen molar-refractivity contribution in [1.82, 2.24) is 0 Å². The van der Waals surface area contributed by atoms with Crippen molar-refractivity contribution < 1.29 is 14.8 Å². The molecule has 0 spiro atoms. The Kier molecular flexibility index (Phi) is 6.42. The molecule has 0 aromatic heterocycles. The molecule has 0 saturated carbocycles. The first-order valence-electron chi connectivity index (χ1n) is 6.78. The van der Waals surface area contributed by atoms with Crippen LogP contribution in [0.5, 0.6) is 0 Å². The van der Waals surface area contributed by atoms with E-state index in [1.165, 1.54) is 0 Å². The van der Waals surface area contributed by atoms with Gasteiger partial charge in [-0.2, -0.15) is 0 Å². The van der Waals surface area contributed by atoms with Gasteiger partial charge in [0.2, 0.25) is 0 Å². The fourth-order valence-corrected chi connectivity index (χ4v) is 2.24. The van der Waals surface area contributed by atoms with E-state index in [9.17, 15) is 14.8 Å². The highest BCUT2D eigenvalue weighted by Gasteiger charge is 2.16. The van der Waals surface area contributed by atoms with Gasteiger partial charge in [0, 0.05) is 5.56 Å². The van der Waals surface area contributed by atoms with Crippen LogP contribution in [0, 0.1) is 0 Å². The van der Waals surface area contributed by atoms with Crippen molar-refractivity contribution in [3.8, 4) is 0 Å². The van der Waals surface area contributed by atoms with Gasteiger partial charge in [-0.1, -0.05) is 36.4 Å². The van der Waals surface area contributed by atoms with Crippen LogP contribution in [0.4, 0.5) is 0 Å². The molecule has 0 bridgehead atoms. The average molecular weight is 272 g/mol. The molecular weight excluding hydrogens is 251 g/mol. The summed E-state index contributed by atoms with van der Waals surface area (Å²) in [6.45, 7) is 5.26. The van der Waals surface area contributed by atoms with E-state index in [4.69, 9.17) is 0 Å². The molecule has 1 rings (SSSR count). The largest absolute Gasteiger partial charge is 0.483 e. The van der Waals surface area contributed by atoms with Crippen LogP contribution >= 0.6 is 0 Å². The summed E-state index contributed by atoms with van der Waals surface area (Å²) < 4.78 is 0. The molecule has 0 aliphatic rings. The van der Waals surface area contributed by atoms with Crippen LogP contribution in [0.3, 0.4) is 0 Å². The Bertz CT molecular complexity index is 531. The molecule has 2 N–H and O–H groups in total. The topological polar surface area (TPSA) is 57.5 Å². The van der Waals surface area contributed by atoms with E-state index < -0.39 is 7.12 Å². The molecule has 0 unspecified atom stereocenters. The molecule has 0 fully saturated rings. The molecule has 0 amide bonds. The molecule has 4 heteroatoms. The highest BCUT2D eigenvalue weighted by Crippen LogP contribution is 2.21. The summed E-state index contributed by atoms with van der Waals surface area (Å²) in [6, 6.07) is 5.65. The highest BCUT2D eigenvalue weighted by atomic mass is 16.4. The lowest BCUT2D eigenvalue weighted by atomic mass is 9.75.